The van der Waals surface area contributed by atoms with Gasteiger partial charge in [-0.05, 0) is 58.9 Å². The first-order chi connectivity index (χ1) is 27.0. The van der Waals surface area contributed by atoms with E-state index in [9.17, 15) is 36.4 Å². The van der Waals surface area contributed by atoms with E-state index in [1.54, 1.807) is 31.2 Å². The number of sulfonamides is 1. The van der Waals surface area contributed by atoms with E-state index in [1.807, 2.05) is 0 Å². The Hall–Kier alpha value is -5.93. The maximum absolute atomic E-state index is 14.5. The molecule has 3 aromatic rings. The van der Waals surface area contributed by atoms with Gasteiger partial charge < -0.3 is 29.6 Å². The highest BCUT2D eigenvalue weighted by Gasteiger charge is 2.53. The Balaban J connectivity index is 1.83. The third-order valence-corrected chi connectivity index (χ3v) is 10.2. The highest BCUT2D eigenvalue weighted by atomic mass is 32.2. The van der Waals surface area contributed by atoms with Crippen LogP contribution in [-0.4, -0.2) is 97.2 Å². The Kier molecular flexibility index (Phi) is 15.2. The largest absolute Gasteiger partial charge is 0.445 e. The Morgan fingerprint density at radius 1 is 0.825 bits per heavy atom. The molecule has 57 heavy (non-hydrogen) atoms. The summed E-state index contributed by atoms with van der Waals surface area (Å²) in [6.07, 6.45) is -3.98. The molecule has 18 heteroatoms. The lowest BCUT2D eigenvalue weighted by Crippen LogP contribution is -2.71. The van der Waals surface area contributed by atoms with Gasteiger partial charge in [-0.15, -0.1) is 6.42 Å². The van der Waals surface area contributed by atoms with Gasteiger partial charge in [-0.1, -0.05) is 60.0 Å². The molecule has 0 unspecified atom stereocenters. The van der Waals surface area contributed by atoms with Crippen molar-refractivity contribution in [2.45, 2.75) is 83.1 Å². The number of alkyl carbamates (subject to hydrolysis) is 2. The zero-order chi connectivity index (χ0) is 41.9. The molecule has 1 fully saturated rings. The number of hydrogen-bond acceptors (Lipinski definition) is 10. The van der Waals surface area contributed by atoms with Crippen LogP contribution < -0.4 is 10.6 Å². The number of benzene rings is 3. The van der Waals surface area contributed by atoms with E-state index in [1.165, 1.54) is 76.2 Å². The molecule has 3 atom stereocenters. The summed E-state index contributed by atoms with van der Waals surface area (Å²) in [5.74, 6) is 1.04. The molecule has 1 heterocycles. The number of carbonyl (C=O) groups excluding carboxylic acids is 4. The van der Waals surface area contributed by atoms with Gasteiger partial charge in [-0.2, -0.15) is 4.31 Å². The highest BCUT2D eigenvalue weighted by Crippen LogP contribution is 2.29. The predicted molar refractivity (Wildman–Crippen MR) is 201 cm³/mol. The molecule has 306 valence electrons. The quantitative estimate of drug-likeness (QED) is 0.166. The average molecular weight is 814 g/mol. The van der Waals surface area contributed by atoms with E-state index >= 15 is 0 Å². The number of carbonyl (C=O) groups is 4. The smallest absolute Gasteiger partial charge is 0.429 e. The first-order valence-electron chi connectivity index (χ1n) is 17.9. The van der Waals surface area contributed by atoms with Gasteiger partial charge in [0, 0.05) is 30.8 Å². The number of amides is 4. The molecule has 3 aromatic carbocycles. The average Bonchev–Trinajstić information content (AvgIpc) is 3.14. The third-order valence-electron chi connectivity index (χ3n) is 8.32. The van der Waals surface area contributed by atoms with Crippen molar-refractivity contribution in [2.24, 2.45) is 0 Å². The van der Waals surface area contributed by atoms with Gasteiger partial charge in [0.25, 0.3) is 0 Å². The van der Waals surface area contributed by atoms with Gasteiger partial charge >= 0.3 is 24.4 Å². The molecule has 1 aliphatic heterocycles. The van der Waals surface area contributed by atoms with Crippen LogP contribution in [0.4, 0.5) is 28.0 Å². The van der Waals surface area contributed by atoms with Crippen LogP contribution in [0.25, 0.3) is 0 Å². The van der Waals surface area contributed by atoms with Crippen LogP contribution >= 0.6 is 0 Å². The minimum Gasteiger partial charge on any atom is -0.445 e. The van der Waals surface area contributed by atoms with Crippen molar-refractivity contribution < 1.29 is 55.3 Å². The van der Waals surface area contributed by atoms with Crippen molar-refractivity contribution in [1.29, 1.82) is 0 Å². The third kappa shape index (κ3) is 11.8. The summed E-state index contributed by atoms with van der Waals surface area (Å²) >= 11 is 0. The van der Waals surface area contributed by atoms with Gasteiger partial charge in [0.15, 0.2) is 12.2 Å². The molecule has 0 aromatic heterocycles. The number of terminal acetylenes is 1. The zero-order valence-corrected chi connectivity index (χ0v) is 32.8. The second-order valence-electron chi connectivity index (χ2n) is 13.4. The van der Waals surface area contributed by atoms with Crippen molar-refractivity contribution in [1.82, 2.24) is 25.0 Å². The molecule has 4 rings (SSSR count). The summed E-state index contributed by atoms with van der Waals surface area (Å²) in [4.78, 5) is 54.5. The molecule has 0 spiro atoms. The SMILES string of the molecule is C#CCN(C[C@@H]1[C@@H](OC(=O)NCc2ccccc2F)[C@@H](OC(=O)NCc2ccccc2F)CN(C(=O)OC(C)C)N1C(=O)OC(C)C)S(=O)(=O)c1ccc(C)cc1. The summed E-state index contributed by atoms with van der Waals surface area (Å²) < 4.78 is 80.5. The van der Waals surface area contributed by atoms with Crippen LogP contribution in [0.5, 0.6) is 0 Å². The van der Waals surface area contributed by atoms with Crippen molar-refractivity contribution in [3.05, 3.63) is 101 Å². The molecule has 0 saturated carbocycles. The molecule has 0 aliphatic carbocycles. The van der Waals surface area contributed by atoms with E-state index < -0.39 is 96.1 Å². The Morgan fingerprint density at radius 3 is 1.84 bits per heavy atom. The van der Waals surface area contributed by atoms with E-state index in [-0.39, 0.29) is 29.1 Å². The van der Waals surface area contributed by atoms with Crippen molar-refractivity contribution >= 4 is 34.4 Å². The number of ether oxygens (including phenoxy) is 4. The summed E-state index contributed by atoms with van der Waals surface area (Å²) in [5, 5.41) is 6.28. The number of aryl methyl sites for hydroxylation is 1. The fourth-order valence-electron chi connectivity index (χ4n) is 5.66. The molecular weight excluding hydrogens is 769 g/mol. The fourth-order valence-corrected chi connectivity index (χ4v) is 7.03. The summed E-state index contributed by atoms with van der Waals surface area (Å²) in [6.45, 7) is 5.13. The zero-order valence-electron chi connectivity index (χ0n) is 32.0. The van der Waals surface area contributed by atoms with E-state index in [4.69, 9.17) is 25.4 Å². The molecule has 1 saturated heterocycles. The van der Waals surface area contributed by atoms with Crippen LogP contribution in [0.15, 0.2) is 77.7 Å². The number of nitrogens with zero attached hydrogens (tertiary/aromatic N) is 3. The summed E-state index contributed by atoms with van der Waals surface area (Å²) in [5.41, 5.74) is 0.950. The Bertz CT molecular complexity index is 2040. The van der Waals surface area contributed by atoms with Crippen molar-refractivity contribution in [3.8, 4) is 12.3 Å². The van der Waals surface area contributed by atoms with Crippen LogP contribution in [0.2, 0.25) is 0 Å². The topological polar surface area (TPSA) is 173 Å². The normalized spacial score (nSPS) is 16.8. The maximum atomic E-state index is 14.5. The van der Waals surface area contributed by atoms with Crippen LogP contribution in [0, 0.1) is 30.9 Å². The van der Waals surface area contributed by atoms with E-state index in [0.29, 0.717) is 0 Å². The second-order valence-corrected chi connectivity index (χ2v) is 15.3. The first-order valence-corrected chi connectivity index (χ1v) is 19.3. The van der Waals surface area contributed by atoms with Gasteiger partial charge in [-0.25, -0.2) is 46.4 Å². The number of rotatable bonds is 13. The van der Waals surface area contributed by atoms with Crippen molar-refractivity contribution in [2.75, 3.05) is 19.6 Å². The Morgan fingerprint density at radius 2 is 1.33 bits per heavy atom. The molecule has 15 nitrogen and oxygen atoms in total. The fraction of sp³-hybridized carbons (Fsp3) is 0.385. The molecule has 2 N–H and O–H groups in total. The lowest BCUT2D eigenvalue weighted by Gasteiger charge is -2.49. The predicted octanol–water partition coefficient (Wildman–Crippen LogP) is 5.48. The van der Waals surface area contributed by atoms with Crippen LogP contribution in [0.3, 0.4) is 0 Å². The highest BCUT2D eigenvalue weighted by molar-refractivity contribution is 7.89. The number of hydrazine groups is 1. The van der Waals surface area contributed by atoms with Gasteiger partial charge in [0.05, 0.1) is 30.2 Å². The van der Waals surface area contributed by atoms with Crippen LogP contribution in [0.1, 0.15) is 44.4 Å². The van der Waals surface area contributed by atoms with Crippen molar-refractivity contribution in [3.63, 3.8) is 0 Å². The van der Waals surface area contributed by atoms with Crippen LogP contribution in [-0.2, 0) is 42.1 Å². The van der Waals surface area contributed by atoms with Gasteiger partial charge in [0.1, 0.15) is 17.7 Å². The minimum atomic E-state index is -4.47. The molecule has 0 bridgehead atoms. The molecule has 4 amide bonds. The lowest BCUT2D eigenvalue weighted by atomic mass is 10.0. The maximum Gasteiger partial charge on any atom is 0.429 e. The van der Waals surface area contributed by atoms with E-state index in [2.05, 4.69) is 16.6 Å². The molecule has 1 aliphatic rings. The molecular formula is C39H45F2N5O10S. The number of nitrogens with one attached hydrogen (secondary N) is 2. The summed E-state index contributed by atoms with van der Waals surface area (Å²) in [7, 11) is -4.47. The van der Waals surface area contributed by atoms with Gasteiger partial charge in [-0.3, -0.25) is 0 Å². The summed E-state index contributed by atoms with van der Waals surface area (Å²) in [6, 6.07) is 15.3. The number of hydrogen-bond donors (Lipinski definition) is 2. The van der Waals surface area contributed by atoms with Gasteiger partial charge in [0.2, 0.25) is 10.0 Å². The minimum absolute atomic E-state index is 0.0871. The second kappa shape index (κ2) is 19.8. The van der Waals surface area contributed by atoms with E-state index in [0.717, 1.165) is 19.9 Å². The standard InChI is InChI=1S/C39H45F2N5O10S/c1-7-20-44(57(51,52)30-18-16-27(6)17-19-30)23-33-35(56-37(48)43-22-29-13-9-11-15-32(29)41)34(55-36(47)42-21-28-12-8-10-14-31(28)40)24-45(38(49)53-25(2)3)46(33)39(50)54-26(4)5/h1,8-19,25-26,33-35H,20-24H2,2-6H3,(H,42,47)(H,43,48)/t33-,34+,35-/m1/s1. The first kappa shape index (κ1) is 43.8. The monoisotopic (exact) mass is 813 g/mol. The Labute approximate surface area is 330 Å². The number of halogens is 2. The molecule has 0 radical (unpaired) electrons. The lowest BCUT2D eigenvalue weighted by molar-refractivity contribution is -0.161.